The third-order valence-corrected chi connectivity index (χ3v) is 12.4. The first kappa shape index (κ1) is 55.1. The highest BCUT2D eigenvalue weighted by Crippen LogP contribution is 2.37. The van der Waals surface area contributed by atoms with Gasteiger partial charge >= 0.3 is 0 Å². The number of hydrogen-bond donors (Lipinski definition) is 20. The first-order chi connectivity index (χ1) is 31.7. The molecular weight excluding hydrogens is 928 g/mol. The third kappa shape index (κ3) is 11.4. The van der Waals surface area contributed by atoms with Gasteiger partial charge in [0.2, 0.25) is 0 Å². The van der Waals surface area contributed by atoms with Crippen LogP contribution in [0, 0.1) is 0 Å². The summed E-state index contributed by atoms with van der Waals surface area (Å²) in [4.78, 5) is 0. The summed E-state index contributed by atoms with van der Waals surface area (Å²) in [6, 6.07) is 0. The van der Waals surface area contributed by atoms with E-state index in [1.807, 2.05) is 0 Å². The minimum absolute atomic E-state index is 0.870. The summed E-state index contributed by atoms with van der Waals surface area (Å²) in [5, 5.41) is 211. The zero-order valence-electron chi connectivity index (χ0n) is 35.0. The number of rotatable bonds is 16. The van der Waals surface area contributed by atoms with Crippen molar-refractivity contribution >= 4 is 0 Å². The predicted octanol–water partition coefficient (Wildman–Crippen LogP) is -14.1. The summed E-state index contributed by atoms with van der Waals surface area (Å²) in [5.41, 5.74) is 0. The Balaban J connectivity index is 1.31. The maximum absolute atomic E-state index is 11.9. The fourth-order valence-electron chi connectivity index (χ4n) is 8.35. The highest BCUT2D eigenvalue weighted by atomic mass is 16.8. The lowest BCUT2D eigenvalue weighted by molar-refractivity contribution is -0.407. The van der Waals surface area contributed by atoms with E-state index in [0.29, 0.717) is 0 Å². The van der Waals surface area contributed by atoms with Gasteiger partial charge in [0.25, 0.3) is 0 Å². The molecule has 20 N–H and O–H groups in total. The molecule has 0 spiro atoms. The van der Waals surface area contributed by atoms with Crippen molar-refractivity contribution in [1.29, 1.82) is 0 Å². The lowest BCUT2D eigenvalue weighted by Crippen LogP contribution is -2.68. The molecule has 0 aromatic heterocycles. The Hall–Kier alpha value is -1.24. The molecule has 6 aliphatic heterocycles. The van der Waals surface area contributed by atoms with Crippen molar-refractivity contribution in [2.24, 2.45) is 0 Å². The number of hydrogen-bond acceptors (Lipinski definition) is 31. The van der Waals surface area contributed by atoms with Crippen LogP contribution in [0.25, 0.3) is 0 Å². The van der Waals surface area contributed by atoms with Gasteiger partial charge < -0.3 is 154 Å². The number of aliphatic hydroxyl groups is 20. The number of aliphatic hydroxyl groups excluding tert-OH is 20. The van der Waals surface area contributed by atoms with Gasteiger partial charge in [-0.15, -0.1) is 0 Å². The lowest BCUT2D eigenvalue weighted by Gasteiger charge is -2.50. The standard InChI is InChI=1S/C36H62O31/c37-1-7-15(44)21(50)28(31(56)58-7)65-36-30(23(52)17(46)11(5-41)62-36)67-34-26(55)27(18(47)12(63-34)6-57-32-24(53)19(48)13(42)8(2-38)59-32)64-35-29(22(51)16(45)10(4-40)61-35)66-33-25(54)20(49)14(43)9(3-39)60-33/h7-56H,1-6H2/t7-,8-,9-,10-,11-,12-,13-,14-,15-,16-,17-,18-,19+,20+,21+,22+,23+,24+,25+,26+,27+,28+,29+,30+,31?,32+,33-,34-,35-,36-/m1/s1. The van der Waals surface area contributed by atoms with E-state index in [-0.39, 0.29) is 0 Å². The van der Waals surface area contributed by atoms with Crippen LogP contribution in [0.1, 0.15) is 0 Å². The number of ether oxygens (including phenoxy) is 11. The van der Waals surface area contributed by atoms with Gasteiger partial charge in [-0.25, -0.2) is 0 Å². The van der Waals surface area contributed by atoms with E-state index in [1.165, 1.54) is 0 Å². The van der Waals surface area contributed by atoms with Crippen molar-refractivity contribution in [3.05, 3.63) is 0 Å². The highest BCUT2D eigenvalue weighted by molar-refractivity contribution is 4.99. The fourth-order valence-corrected chi connectivity index (χ4v) is 8.35. The maximum atomic E-state index is 11.9. The second kappa shape index (κ2) is 23.5. The molecule has 0 amide bonds. The van der Waals surface area contributed by atoms with Crippen LogP contribution in [0.15, 0.2) is 0 Å². The SMILES string of the molecule is OC[C@H]1O[C@H](OC[C@H]2O[C@H](O[C@@H]3[C@@H](O[C@@H]4C(O)O[C@H](CO)[C@@H](O)[C@@H]4O)O[C@H](CO)[C@@H](O)[C@@H]3O)[C@@H](O)[C@@H](O[C@H]3O[C@H](CO)[C@@H](O)[C@H](O)[C@@H]3O[C@H]3O[C@H](CO)[C@@H](O)[C@H](O)[C@@H]3O)[C@@H]2O)[C@@H](O)[C@@H](O)[C@@H]1O. The minimum atomic E-state index is -2.37. The van der Waals surface area contributed by atoms with E-state index < -0.39 is 224 Å². The first-order valence-electron chi connectivity index (χ1n) is 21.1. The Morgan fingerprint density at radius 1 is 0.254 bits per heavy atom. The summed E-state index contributed by atoms with van der Waals surface area (Å²) in [6.07, 6.45) is -59.4. The molecule has 30 atom stereocenters. The largest absolute Gasteiger partial charge is 0.394 e. The van der Waals surface area contributed by atoms with Crippen LogP contribution in [0.4, 0.5) is 0 Å². The van der Waals surface area contributed by atoms with Crippen molar-refractivity contribution in [1.82, 2.24) is 0 Å². The molecular formula is C36H62O31. The second-order valence-corrected chi connectivity index (χ2v) is 16.8. The van der Waals surface area contributed by atoms with Crippen molar-refractivity contribution in [3.63, 3.8) is 0 Å². The lowest BCUT2D eigenvalue weighted by atomic mass is 9.95. The molecule has 0 bridgehead atoms. The molecule has 0 aromatic rings. The maximum Gasteiger partial charge on any atom is 0.187 e. The Morgan fingerprint density at radius 2 is 0.567 bits per heavy atom. The quantitative estimate of drug-likeness (QED) is 0.0683. The average molecular weight is 991 g/mol. The molecule has 6 aliphatic rings. The van der Waals surface area contributed by atoms with Gasteiger partial charge in [-0.3, -0.25) is 0 Å². The van der Waals surface area contributed by atoms with Crippen LogP contribution in [-0.2, 0) is 52.1 Å². The fraction of sp³-hybridized carbons (Fsp3) is 1.00. The minimum Gasteiger partial charge on any atom is -0.394 e. The molecule has 392 valence electrons. The Bertz CT molecular complexity index is 1510. The summed E-state index contributed by atoms with van der Waals surface area (Å²) >= 11 is 0. The van der Waals surface area contributed by atoms with Gasteiger partial charge in [0.1, 0.15) is 146 Å². The normalized spacial score (nSPS) is 53.4. The zero-order chi connectivity index (χ0) is 49.3. The summed E-state index contributed by atoms with van der Waals surface area (Å²) in [5.74, 6) is 0. The topological polar surface area (TPSA) is 506 Å². The molecule has 6 fully saturated rings. The van der Waals surface area contributed by atoms with Crippen LogP contribution in [0.5, 0.6) is 0 Å². The first-order valence-corrected chi connectivity index (χ1v) is 21.1. The van der Waals surface area contributed by atoms with Crippen molar-refractivity contribution < 1.29 is 154 Å². The molecule has 1 unspecified atom stereocenters. The summed E-state index contributed by atoms with van der Waals surface area (Å²) in [6.45, 7) is -5.63. The van der Waals surface area contributed by atoms with Gasteiger partial charge in [0, 0.05) is 0 Å². The van der Waals surface area contributed by atoms with Crippen LogP contribution in [-0.4, -0.2) is 326 Å². The van der Waals surface area contributed by atoms with E-state index >= 15 is 0 Å². The molecule has 0 aromatic carbocycles. The summed E-state index contributed by atoms with van der Waals surface area (Å²) < 4.78 is 61.6. The van der Waals surface area contributed by atoms with Gasteiger partial charge in [-0.2, -0.15) is 0 Å². The van der Waals surface area contributed by atoms with Crippen LogP contribution < -0.4 is 0 Å². The van der Waals surface area contributed by atoms with E-state index in [0.717, 1.165) is 0 Å². The predicted molar refractivity (Wildman–Crippen MR) is 199 cm³/mol. The smallest absolute Gasteiger partial charge is 0.187 e. The van der Waals surface area contributed by atoms with Crippen molar-refractivity contribution in [3.8, 4) is 0 Å². The van der Waals surface area contributed by atoms with Gasteiger partial charge in [0.05, 0.1) is 39.6 Å². The Kier molecular flexibility index (Phi) is 19.4. The molecule has 6 rings (SSSR count). The van der Waals surface area contributed by atoms with E-state index in [4.69, 9.17) is 52.1 Å². The van der Waals surface area contributed by atoms with Crippen LogP contribution in [0.3, 0.4) is 0 Å². The van der Waals surface area contributed by atoms with Crippen molar-refractivity contribution in [2.45, 2.75) is 184 Å². The highest BCUT2D eigenvalue weighted by Gasteiger charge is 2.57. The van der Waals surface area contributed by atoms with Crippen molar-refractivity contribution in [2.75, 3.05) is 39.6 Å². The average Bonchev–Trinajstić information content (AvgIpc) is 3.31. The monoisotopic (exact) mass is 990 g/mol. The van der Waals surface area contributed by atoms with Gasteiger partial charge in [0.15, 0.2) is 37.7 Å². The van der Waals surface area contributed by atoms with Gasteiger partial charge in [-0.05, 0) is 0 Å². The molecule has 67 heavy (non-hydrogen) atoms. The molecule has 0 aliphatic carbocycles. The molecule has 0 saturated carbocycles. The van der Waals surface area contributed by atoms with E-state index in [9.17, 15) is 102 Å². The molecule has 31 nitrogen and oxygen atoms in total. The third-order valence-electron chi connectivity index (χ3n) is 12.4. The summed E-state index contributed by atoms with van der Waals surface area (Å²) in [7, 11) is 0. The van der Waals surface area contributed by atoms with Crippen LogP contribution in [0.2, 0.25) is 0 Å². The molecule has 0 radical (unpaired) electrons. The van der Waals surface area contributed by atoms with E-state index in [1.54, 1.807) is 0 Å². The van der Waals surface area contributed by atoms with E-state index in [2.05, 4.69) is 0 Å². The Labute approximate surface area is 378 Å². The molecule has 6 heterocycles. The molecule has 6 saturated heterocycles. The molecule has 31 heteroatoms. The Morgan fingerprint density at radius 3 is 1.01 bits per heavy atom. The van der Waals surface area contributed by atoms with Gasteiger partial charge in [-0.1, -0.05) is 0 Å². The second-order valence-electron chi connectivity index (χ2n) is 16.8. The van der Waals surface area contributed by atoms with Crippen LogP contribution >= 0.6 is 0 Å². The zero-order valence-corrected chi connectivity index (χ0v) is 35.0.